The van der Waals surface area contributed by atoms with Crippen LogP contribution in [0.3, 0.4) is 0 Å². The Balaban J connectivity index is 2.16. The summed E-state index contributed by atoms with van der Waals surface area (Å²) in [5, 5.41) is 17.4. The molecule has 0 spiro atoms. The fourth-order valence-electron chi connectivity index (χ4n) is 3.80. The van der Waals surface area contributed by atoms with E-state index in [0.29, 0.717) is 24.2 Å². The molecule has 2 heterocycles. The first kappa shape index (κ1) is 16.8. The summed E-state index contributed by atoms with van der Waals surface area (Å²) in [6.07, 6.45) is 3.67. The molecule has 3 rings (SSSR count). The molecule has 1 aromatic rings. The molecule has 24 heavy (non-hydrogen) atoms. The molecule has 1 aromatic carbocycles. The van der Waals surface area contributed by atoms with Crippen LogP contribution in [-0.4, -0.2) is 34.0 Å². The first-order valence-electron chi connectivity index (χ1n) is 8.74. The van der Waals surface area contributed by atoms with E-state index in [9.17, 15) is 14.7 Å². The molecule has 3 N–H and O–H groups in total. The Bertz CT molecular complexity index is 663. The number of nitrogens with zero attached hydrogens (tertiary/aromatic N) is 1. The SMILES string of the molecule is CCCCN1C(=O)N[C@]2(CCCC)C(=O)Nc3ccccc3[C@]12O. The number of nitrogens with one attached hydrogen (secondary N) is 2. The van der Waals surface area contributed by atoms with Gasteiger partial charge >= 0.3 is 6.03 Å². The van der Waals surface area contributed by atoms with Crippen LogP contribution in [0.15, 0.2) is 24.3 Å². The number of anilines is 1. The molecule has 6 nitrogen and oxygen atoms in total. The van der Waals surface area contributed by atoms with Crippen LogP contribution in [0.1, 0.15) is 51.5 Å². The van der Waals surface area contributed by atoms with Gasteiger partial charge in [-0.05, 0) is 18.9 Å². The number of amides is 3. The molecule has 0 unspecified atom stereocenters. The van der Waals surface area contributed by atoms with E-state index in [1.807, 2.05) is 26.0 Å². The number of fused-ring (bicyclic) bond motifs is 3. The number of carbonyl (C=O) groups excluding carboxylic acids is 2. The number of benzene rings is 1. The molecule has 0 saturated carbocycles. The third-order valence-corrected chi connectivity index (χ3v) is 5.13. The fraction of sp³-hybridized carbons (Fsp3) is 0.556. The maximum Gasteiger partial charge on any atom is 0.321 e. The second-order valence-corrected chi connectivity index (χ2v) is 6.62. The average molecular weight is 331 g/mol. The lowest BCUT2D eigenvalue weighted by molar-refractivity contribution is -0.154. The minimum atomic E-state index is -1.66. The fourth-order valence-corrected chi connectivity index (χ4v) is 3.80. The molecule has 1 fully saturated rings. The quantitative estimate of drug-likeness (QED) is 0.749. The number of rotatable bonds is 6. The summed E-state index contributed by atoms with van der Waals surface area (Å²) >= 11 is 0. The first-order chi connectivity index (χ1) is 11.5. The lowest BCUT2D eigenvalue weighted by Crippen LogP contribution is -2.67. The van der Waals surface area contributed by atoms with Crippen LogP contribution >= 0.6 is 0 Å². The van der Waals surface area contributed by atoms with Crippen LogP contribution in [0.25, 0.3) is 0 Å². The summed E-state index contributed by atoms with van der Waals surface area (Å²) in [7, 11) is 0. The number of hydrogen-bond acceptors (Lipinski definition) is 3. The van der Waals surface area contributed by atoms with Gasteiger partial charge in [-0.3, -0.25) is 9.69 Å². The number of urea groups is 1. The number of hydrogen-bond donors (Lipinski definition) is 3. The van der Waals surface area contributed by atoms with Crippen LogP contribution < -0.4 is 10.6 Å². The van der Waals surface area contributed by atoms with Crippen molar-refractivity contribution in [3.63, 3.8) is 0 Å². The molecule has 0 bridgehead atoms. The zero-order chi connectivity index (χ0) is 17.4. The van der Waals surface area contributed by atoms with Crippen molar-refractivity contribution in [2.45, 2.75) is 57.2 Å². The Hall–Kier alpha value is -2.08. The van der Waals surface area contributed by atoms with Gasteiger partial charge in [0, 0.05) is 17.8 Å². The highest BCUT2D eigenvalue weighted by molar-refractivity contribution is 6.07. The van der Waals surface area contributed by atoms with Crippen molar-refractivity contribution in [3.05, 3.63) is 29.8 Å². The highest BCUT2D eigenvalue weighted by atomic mass is 16.3. The average Bonchev–Trinajstić information content (AvgIpc) is 2.80. The van der Waals surface area contributed by atoms with E-state index >= 15 is 0 Å². The highest BCUT2D eigenvalue weighted by Crippen LogP contribution is 2.49. The van der Waals surface area contributed by atoms with Crippen molar-refractivity contribution in [2.75, 3.05) is 11.9 Å². The van der Waals surface area contributed by atoms with E-state index < -0.39 is 11.3 Å². The number of aliphatic hydroxyl groups is 1. The van der Waals surface area contributed by atoms with Gasteiger partial charge in [-0.1, -0.05) is 51.3 Å². The van der Waals surface area contributed by atoms with E-state index in [0.717, 1.165) is 25.7 Å². The van der Waals surface area contributed by atoms with Crippen molar-refractivity contribution < 1.29 is 14.7 Å². The lowest BCUT2D eigenvalue weighted by atomic mass is 9.74. The normalized spacial score (nSPS) is 28.2. The standard InChI is InChI=1S/C18H25N3O3/c1-3-5-11-17-15(22)19-14-10-8-7-9-13(14)18(17,24)21(12-6-4-2)16(23)20-17/h7-10,24H,3-6,11-12H2,1-2H3,(H,19,22)(H,20,23)/t17-,18-/m1/s1. The molecule has 1 saturated heterocycles. The van der Waals surface area contributed by atoms with Gasteiger partial charge in [0.1, 0.15) is 0 Å². The monoisotopic (exact) mass is 331 g/mol. The third-order valence-electron chi connectivity index (χ3n) is 5.13. The molecule has 0 radical (unpaired) electrons. The zero-order valence-electron chi connectivity index (χ0n) is 14.3. The second kappa shape index (κ2) is 6.09. The Morgan fingerprint density at radius 1 is 1.12 bits per heavy atom. The molecule has 2 atom stereocenters. The lowest BCUT2D eigenvalue weighted by Gasteiger charge is -2.47. The summed E-state index contributed by atoms with van der Waals surface area (Å²) < 4.78 is 0. The van der Waals surface area contributed by atoms with Crippen LogP contribution in [0.2, 0.25) is 0 Å². The minimum absolute atomic E-state index is 0.343. The molecule has 0 aromatic heterocycles. The zero-order valence-corrected chi connectivity index (χ0v) is 14.3. The largest absolute Gasteiger partial charge is 0.364 e. The molecule has 0 aliphatic carbocycles. The van der Waals surface area contributed by atoms with Crippen LogP contribution in [0.4, 0.5) is 10.5 Å². The van der Waals surface area contributed by atoms with Crippen molar-refractivity contribution in [2.24, 2.45) is 0 Å². The molecule has 130 valence electrons. The Morgan fingerprint density at radius 2 is 1.83 bits per heavy atom. The van der Waals surface area contributed by atoms with Gasteiger partial charge in [0.2, 0.25) is 5.72 Å². The van der Waals surface area contributed by atoms with Gasteiger partial charge in [0.15, 0.2) is 5.54 Å². The Labute approximate surface area is 142 Å². The predicted molar refractivity (Wildman–Crippen MR) is 91.4 cm³/mol. The minimum Gasteiger partial charge on any atom is -0.364 e. The molecular weight excluding hydrogens is 306 g/mol. The molecule has 3 amide bonds. The summed E-state index contributed by atoms with van der Waals surface area (Å²) in [6.45, 7) is 4.47. The van der Waals surface area contributed by atoms with Crippen LogP contribution in [-0.2, 0) is 10.5 Å². The van der Waals surface area contributed by atoms with Crippen LogP contribution in [0, 0.1) is 0 Å². The van der Waals surface area contributed by atoms with Crippen molar-refractivity contribution >= 4 is 17.6 Å². The van der Waals surface area contributed by atoms with E-state index in [-0.39, 0.29) is 11.9 Å². The van der Waals surface area contributed by atoms with E-state index in [2.05, 4.69) is 10.6 Å². The third kappa shape index (κ3) is 2.13. The summed E-state index contributed by atoms with van der Waals surface area (Å²) in [5.74, 6) is -0.343. The first-order valence-corrected chi connectivity index (χ1v) is 8.74. The molecule has 2 aliphatic rings. The maximum atomic E-state index is 12.9. The molecule has 6 heteroatoms. The molecule has 2 aliphatic heterocycles. The van der Waals surface area contributed by atoms with Crippen molar-refractivity contribution in [3.8, 4) is 0 Å². The van der Waals surface area contributed by atoms with Gasteiger partial charge in [-0.25, -0.2) is 4.79 Å². The van der Waals surface area contributed by atoms with Crippen molar-refractivity contribution in [1.29, 1.82) is 0 Å². The molecular formula is C18H25N3O3. The summed E-state index contributed by atoms with van der Waals surface area (Å²) in [6, 6.07) is 6.79. The number of unbranched alkanes of at least 4 members (excludes halogenated alkanes) is 2. The predicted octanol–water partition coefficient (Wildman–Crippen LogP) is 2.54. The van der Waals surface area contributed by atoms with E-state index in [4.69, 9.17) is 0 Å². The van der Waals surface area contributed by atoms with E-state index in [1.54, 1.807) is 12.1 Å². The summed E-state index contributed by atoms with van der Waals surface area (Å²) in [5.41, 5.74) is -1.86. The van der Waals surface area contributed by atoms with Gasteiger partial charge < -0.3 is 15.7 Å². The number of carbonyl (C=O) groups is 2. The number of para-hydroxylation sites is 1. The summed E-state index contributed by atoms with van der Waals surface area (Å²) in [4.78, 5) is 27.0. The van der Waals surface area contributed by atoms with Crippen LogP contribution in [0.5, 0.6) is 0 Å². The van der Waals surface area contributed by atoms with Gasteiger partial charge in [-0.2, -0.15) is 0 Å². The van der Waals surface area contributed by atoms with Gasteiger partial charge in [-0.15, -0.1) is 0 Å². The van der Waals surface area contributed by atoms with Gasteiger partial charge in [0.05, 0.1) is 0 Å². The smallest absolute Gasteiger partial charge is 0.321 e. The highest BCUT2D eigenvalue weighted by Gasteiger charge is 2.69. The topological polar surface area (TPSA) is 81.7 Å². The van der Waals surface area contributed by atoms with Crippen molar-refractivity contribution in [1.82, 2.24) is 10.2 Å². The Morgan fingerprint density at radius 3 is 2.54 bits per heavy atom. The maximum absolute atomic E-state index is 12.9. The van der Waals surface area contributed by atoms with E-state index in [1.165, 1.54) is 4.90 Å². The van der Waals surface area contributed by atoms with Gasteiger partial charge in [0.25, 0.3) is 5.91 Å². The Kier molecular flexibility index (Phi) is 4.25. The second-order valence-electron chi connectivity index (χ2n) is 6.62.